The lowest BCUT2D eigenvalue weighted by atomic mass is 10.2. The molecule has 0 N–H and O–H groups in total. The van der Waals surface area contributed by atoms with Gasteiger partial charge in [0.15, 0.2) is 6.29 Å². The number of ether oxygens (including phenoxy) is 3. The molecule has 0 aromatic heterocycles. The Morgan fingerprint density at radius 1 is 0.862 bits per heavy atom. The minimum absolute atomic E-state index is 0.0641. The second-order valence-electron chi connectivity index (χ2n) is 5.84. The summed E-state index contributed by atoms with van der Waals surface area (Å²) in [5.41, 5.74) is 0. The maximum atomic E-state index is 13.5. The van der Waals surface area contributed by atoms with E-state index >= 15 is 0 Å². The van der Waals surface area contributed by atoms with Gasteiger partial charge in [-0.3, -0.25) is 9.59 Å². The van der Waals surface area contributed by atoms with Crippen molar-refractivity contribution in [3.8, 4) is 5.75 Å². The molecular weight excluding hydrogens is 405 g/mol. The first-order chi connectivity index (χ1) is 13.6. The van der Waals surface area contributed by atoms with Crippen LogP contribution in [-0.4, -0.2) is 49.9 Å². The quantitative estimate of drug-likeness (QED) is 0.135. The van der Waals surface area contributed by atoms with Gasteiger partial charge in [0.1, 0.15) is 0 Å². The van der Waals surface area contributed by atoms with Crippen LogP contribution in [-0.2, 0) is 19.1 Å². The number of likely N-dealkylation sites (N-methyl/N-ethyl adjacent to an activating group) is 1. The number of amides is 1. The first-order valence-corrected chi connectivity index (χ1v) is 8.83. The molecule has 1 aromatic rings. The third kappa shape index (κ3) is 6.93. The molecule has 0 fully saturated rings. The molecule has 1 rings (SSSR count). The van der Waals surface area contributed by atoms with Crippen molar-refractivity contribution in [3.05, 3.63) is 29.1 Å². The average Bonchev–Trinajstić information content (AvgIpc) is 2.68. The van der Waals surface area contributed by atoms with Crippen LogP contribution in [0.15, 0.2) is 0 Å². The Morgan fingerprint density at radius 2 is 1.34 bits per heavy atom. The highest BCUT2D eigenvalue weighted by Gasteiger charge is 2.28. The molecule has 11 heteroatoms. The maximum Gasteiger partial charge on any atom is 0.311 e. The average molecular weight is 427 g/mol. The molecular formula is C18H22F5NO5. The number of rotatable bonds is 11. The van der Waals surface area contributed by atoms with Crippen molar-refractivity contribution in [2.24, 2.45) is 0 Å². The zero-order valence-electron chi connectivity index (χ0n) is 16.2. The molecule has 1 aromatic carbocycles. The highest BCUT2D eigenvalue weighted by molar-refractivity contribution is 5.77. The van der Waals surface area contributed by atoms with E-state index in [9.17, 15) is 31.5 Å². The lowest BCUT2D eigenvalue weighted by Gasteiger charge is -2.24. The Labute approximate surface area is 164 Å². The molecule has 164 valence electrons. The summed E-state index contributed by atoms with van der Waals surface area (Å²) in [6.07, 6.45) is -1.27. The Hall–Kier alpha value is -2.27. The Kier molecular flexibility index (Phi) is 9.96. The number of benzene rings is 1. The molecule has 0 aliphatic heterocycles. The number of nitrogens with zero attached hydrogens (tertiary/aromatic N) is 1. The van der Waals surface area contributed by atoms with E-state index in [4.69, 9.17) is 9.47 Å². The number of halogens is 5. The SMILES string of the molecule is CCOC(CN(C)C(=O)CCCC(=O)Oc1c(F)c(F)c(F)c(F)c1F)OCC. The van der Waals surface area contributed by atoms with Gasteiger partial charge < -0.3 is 19.1 Å². The van der Waals surface area contributed by atoms with Crippen LogP contribution in [0.1, 0.15) is 33.1 Å². The molecule has 0 saturated heterocycles. The predicted molar refractivity (Wildman–Crippen MR) is 90.4 cm³/mol. The Bertz CT molecular complexity index is 696. The fourth-order valence-electron chi connectivity index (χ4n) is 2.26. The van der Waals surface area contributed by atoms with Crippen LogP contribution in [0.25, 0.3) is 0 Å². The molecule has 0 aliphatic carbocycles. The van der Waals surface area contributed by atoms with Crippen LogP contribution in [0.3, 0.4) is 0 Å². The van der Waals surface area contributed by atoms with E-state index in [1.54, 1.807) is 13.8 Å². The third-order valence-electron chi connectivity index (χ3n) is 3.71. The van der Waals surface area contributed by atoms with Crippen LogP contribution >= 0.6 is 0 Å². The van der Waals surface area contributed by atoms with Crippen LogP contribution in [0, 0.1) is 29.1 Å². The number of hydrogen-bond acceptors (Lipinski definition) is 5. The van der Waals surface area contributed by atoms with Gasteiger partial charge in [-0.25, -0.2) is 13.2 Å². The smallest absolute Gasteiger partial charge is 0.311 e. The number of carbonyl (C=O) groups excluding carboxylic acids is 2. The van der Waals surface area contributed by atoms with Crippen molar-refractivity contribution in [1.82, 2.24) is 4.90 Å². The second kappa shape index (κ2) is 11.7. The van der Waals surface area contributed by atoms with E-state index in [-0.39, 0.29) is 25.3 Å². The van der Waals surface area contributed by atoms with Crippen molar-refractivity contribution in [1.29, 1.82) is 0 Å². The van der Waals surface area contributed by atoms with E-state index in [1.165, 1.54) is 11.9 Å². The largest absolute Gasteiger partial charge is 0.420 e. The van der Waals surface area contributed by atoms with Gasteiger partial charge in [0.25, 0.3) is 0 Å². The van der Waals surface area contributed by atoms with Gasteiger partial charge in [-0.1, -0.05) is 0 Å². The van der Waals surface area contributed by atoms with Gasteiger partial charge >= 0.3 is 5.97 Å². The van der Waals surface area contributed by atoms with Gasteiger partial charge in [-0.2, -0.15) is 8.78 Å². The minimum Gasteiger partial charge on any atom is -0.420 e. The third-order valence-corrected chi connectivity index (χ3v) is 3.71. The first-order valence-electron chi connectivity index (χ1n) is 8.83. The van der Waals surface area contributed by atoms with E-state index in [0.29, 0.717) is 13.2 Å². The number of esters is 1. The summed E-state index contributed by atoms with van der Waals surface area (Å²) in [5.74, 6) is -14.6. The lowest BCUT2D eigenvalue weighted by molar-refractivity contribution is -0.156. The topological polar surface area (TPSA) is 65.1 Å². The molecule has 0 saturated carbocycles. The second-order valence-corrected chi connectivity index (χ2v) is 5.84. The van der Waals surface area contributed by atoms with Gasteiger partial charge in [0, 0.05) is 33.1 Å². The molecule has 1 amide bonds. The summed E-state index contributed by atoms with van der Waals surface area (Å²) in [4.78, 5) is 25.1. The van der Waals surface area contributed by atoms with Crippen molar-refractivity contribution in [2.75, 3.05) is 26.8 Å². The van der Waals surface area contributed by atoms with Crippen LogP contribution < -0.4 is 4.74 Å². The van der Waals surface area contributed by atoms with Crippen molar-refractivity contribution in [3.63, 3.8) is 0 Å². The maximum absolute atomic E-state index is 13.5. The van der Waals surface area contributed by atoms with Gasteiger partial charge in [-0.15, -0.1) is 0 Å². The fraction of sp³-hybridized carbons (Fsp3) is 0.556. The lowest BCUT2D eigenvalue weighted by Crippen LogP contribution is -2.37. The summed E-state index contributed by atoms with van der Waals surface area (Å²) in [6, 6.07) is 0. The van der Waals surface area contributed by atoms with Gasteiger partial charge in [0.2, 0.25) is 40.7 Å². The van der Waals surface area contributed by atoms with Gasteiger partial charge in [0.05, 0.1) is 6.54 Å². The highest BCUT2D eigenvalue weighted by atomic mass is 19.2. The Balaban J connectivity index is 2.57. The van der Waals surface area contributed by atoms with Crippen molar-refractivity contribution in [2.45, 2.75) is 39.4 Å². The minimum atomic E-state index is -2.36. The normalized spacial score (nSPS) is 11.1. The summed E-state index contributed by atoms with van der Waals surface area (Å²) >= 11 is 0. The van der Waals surface area contributed by atoms with Crippen LogP contribution in [0.5, 0.6) is 5.75 Å². The van der Waals surface area contributed by atoms with Crippen LogP contribution in [0.2, 0.25) is 0 Å². The Morgan fingerprint density at radius 3 is 1.83 bits per heavy atom. The number of hydrogen-bond donors (Lipinski definition) is 0. The zero-order chi connectivity index (χ0) is 22.1. The molecule has 0 spiro atoms. The zero-order valence-corrected chi connectivity index (χ0v) is 16.2. The van der Waals surface area contributed by atoms with Crippen LogP contribution in [0.4, 0.5) is 22.0 Å². The molecule has 6 nitrogen and oxygen atoms in total. The van der Waals surface area contributed by atoms with Crippen molar-refractivity contribution < 1.29 is 45.8 Å². The highest BCUT2D eigenvalue weighted by Crippen LogP contribution is 2.29. The molecule has 0 aliphatic rings. The molecule has 0 bridgehead atoms. The summed E-state index contributed by atoms with van der Waals surface area (Å²) in [5, 5.41) is 0. The van der Waals surface area contributed by atoms with E-state index < -0.39 is 53.5 Å². The molecule has 0 heterocycles. The van der Waals surface area contributed by atoms with E-state index in [1.807, 2.05) is 0 Å². The molecule has 29 heavy (non-hydrogen) atoms. The summed E-state index contributed by atoms with van der Waals surface area (Å²) in [7, 11) is 1.50. The van der Waals surface area contributed by atoms with E-state index in [0.717, 1.165) is 0 Å². The monoisotopic (exact) mass is 427 g/mol. The van der Waals surface area contributed by atoms with E-state index in [2.05, 4.69) is 4.74 Å². The molecule has 0 atom stereocenters. The predicted octanol–water partition coefficient (Wildman–Crippen LogP) is 3.32. The summed E-state index contributed by atoms with van der Waals surface area (Å²) in [6.45, 7) is 4.45. The standard InChI is InChI=1S/C18H22F5NO5/c1-4-27-12(28-5-2)9-24(3)10(25)7-6-8-11(26)29-18-16(22)14(20)13(19)15(21)17(18)23/h12H,4-9H2,1-3H3. The van der Waals surface area contributed by atoms with Crippen molar-refractivity contribution >= 4 is 11.9 Å². The molecule has 0 unspecified atom stereocenters. The molecule has 0 radical (unpaired) electrons. The summed E-state index contributed by atoms with van der Waals surface area (Å²) < 4.78 is 81.0. The fourth-order valence-corrected chi connectivity index (χ4v) is 2.26. The van der Waals surface area contributed by atoms with Gasteiger partial charge in [-0.05, 0) is 20.3 Å². The first kappa shape index (κ1) is 24.8. The number of carbonyl (C=O) groups is 2.